The standard InChI is InChI=1S/C19H22F2N2O3S/c1-4-13-7-6-8-14(5-2)19(13)23(27(3,25)26)12-18(24)22-17-10-9-15(20)11-16(17)21/h6-11H,4-5,12H2,1-3H3,(H,22,24). The van der Waals surface area contributed by atoms with Crippen molar-refractivity contribution in [2.45, 2.75) is 26.7 Å². The molecule has 0 aliphatic carbocycles. The van der Waals surface area contributed by atoms with Crippen molar-refractivity contribution in [3.8, 4) is 0 Å². The number of amides is 1. The smallest absolute Gasteiger partial charge is 0.245 e. The zero-order valence-electron chi connectivity index (χ0n) is 15.4. The Kier molecular flexibility index (Phi) is 6.54. The molecule has 2 aromatic carbocycles. The molecule has 0 heterocycles. The lowest BCUT2D eigenvalue weighted by Crippen LogP contribution is -2.38. The molecule has 1 amide bonds. The molecular weight excluding hydrogens is 374 g/mol. The highest BCUT2D eigenvalue weighted by Gasteiger charge is 2.25. The molecule has 0 atom stereocenters. The topological polar surface area (TPSA) is 66.5 Å². The Morgan fingerprint density at radius 2 is 1.67 bits per heavy atom. The van der Waals surface area contributed by atoms with Gasteiger partial charge in [-0.15, -0.1) is 0 Å². The van der Waals surface area contributed by atoms with Crippen molar-refractivity contribution in [3.05, 3.63) is 59.2 Å². The minimum atomic E-state index is -3.77. The van der Waals surface area contributed by atoms with E-state index in [0.717, 1.165) is 33.8 Å². The number of sulfonamides is 1. The van der Waals surface area contributed by atoms with Gasteiger partial charge in [-0.3, -0.25) is 9.10 Å². The van der Waals surface area contributed by atoms with Crippen LogP contribution in [0.5, 0.6) is 0 Å². The minimum absolute atomic E-state index is 0.214. The van der Waals surface area contributed by atoms with Crippen molar-refractivity contribution >= 4 is 27.3 Å². The number of aryl methyl sites for hydroxylation is 2. The fraction of sp³-hybridized carbons (Fsp3) is 0.316. The Labute approximate surface area is 158 Å². The number of halogens is 2. The Balaban J connectivity index is 2.38. The zero-order valence-corrected chi connectivity index (χ0v) is 16.2. The number of hydrogen-bond donors (Lipinski definition) is 1. The molecule has 0 radical (unpaired) electrons. The quantitative estimate of drug-likeness (QED) is 0.779. The van der Waals surface area contributed by atoms with Crippen LogP contribution >= 0.6 is 0 Å². The van der Waals surface area contributed by atoms with Crippen LogP contribution in [0.15, 0.2) is 36.4 Å². The van der Waals surface area contributed by atoms with Crippen LogP contribution in [-0.2, 0) is 27.7 Å². The van der Waals surface area contributed by atoms with Gasteiger partial charge in [0.1, 0.15) is 18.2 Å². The Bertz CT molecular complexity index is 924. The summed E-state index contributed by atoms with van der Waals surface area (Å²) < 4.78 is 52.6. The number of carbonyl (C=O) groups excluding carboxylic acids is 1. The third-order valence-electron chi connectivity index (χ3n) is 4.11. The lowest BCUT2D eigenvalue weighted by molar-refractivity contribution is -0.114. The lowest BCUT2D eigenvalue weighted by atomic mass is 10.0. The van der Waals surface area contributed by atoms with Crippen LogP contribution < -0.4 is 9.62 Å². The first kappa shape index (κ1) is 20.8. The molecule has 0 unspecified atom stereocenters. The van der Waals surface area contributed by atoms with Crippen LogP contribution in [0, 0.1) is 11.6 Å². The third-order valence-corrected chi connectivity index (χ3v) is 5.22. The van der Waals surface area contributed by atoms with Crippen LogP contribution in [0.25, 0.3) is 0 Å². The molecule has 27 heavy (non-hydrogen) atoms. The number of rotatable bonds is 7. The lowest BCUT2D eigenvalue weighted by Gasteiger charge is -2.26. The number of hydrogen-bond acceptors (Lipinski definition) is 3. The van der Waals surface area contributed by atoms with Gasteiger partial charge in [-0.25, -0.2) is 17.2 Å². The number of para-hydroxylation sites is 1. The van der Waals surface area contributed by atoms with Gasteiger partial charge in [0.2, 0.25) is 15.9 Å². The molecule has 5 nitrogen and oxygen atoms in total. The van der Waals surface area contributed by atoms with E-state index in [4.69, 9.17) is 0 Å². The summed E-state index contributed by atoms with van der Waals surface area (Å²) in [7, 11) is -3.77. The molecular formula is C19H22F2N2O3S. The molecule has 146 valence electrons. The first-order valence-corrected chi connectivity index (χ1v) is 10.4. The van der Waals surface area contributed by atoms with E-state index in [1.165, 1.54) is 0 Å². The normalized spacial score (nSPS) is 11.3. The van der Waals surface area contributed by atoms with Gasteiger partial charge in [-0.05, 0) is 36.1 Å². The van der Waals surface area contributed by atoms with E-state index in [-0.39, 0.29) is 5.69 Å². The Hall–Kier alpha value is -2.48. The molecule has 0 spiro atoms. The maximum Gasteiger partial charge on any atom is 0.245 e. The van der Waals surface area contributed by atoms with Gasteiger partial charge in [0.05, 0.1) is 17.6 Å². The first-order chi connectivity index (χ1) is 12.7. The monoisotopic (exact) mass is 396 g/mol. The number of nitrogens with zero attached hydrogens (tertiary/aromatic N) is 1. The average molecular weight is 396 g/mol. The summed E-state index contributed by atoms with van der Waals surface area (Å²) in [6, 6.07) is 8.20. The molecule has 0 aliphatic heterocycles. The molecule has 2 rings (SSSR count). The van der Waals surface area contributed by atoms with Crippen molar-refractivity contribution in [1.29, 1.82) is 0 Å². The molecule has 1 N–H and O–H groups in total. The molecule has 0 aliphatic rings. The highest BCUT2D eigenvalue weighted by Crippen LogP contribution is 2.29. The molecule has 0 fully saturated rings. The van der Waals surface area contributed by atoms with Gasteiger partial charge in [0.25, 0.3) is 0 Å². The third kappa shape index (κ3) is 5.03. The van der Waals surface area contributed by atoms with E-state index in [2.05, 4.69) is 5.32 Å². The maximum absolute atomic E-state index is 13.8. The van der Waals surface area contributed by atoms with Crippen molar-refractivity contribution in [2.75, 3.05) is 22.4 Å². The highest BCUT2D eigenvalue weighted by atomic mass is 32.2. The summed E-state index contributed by atoms with van der Waals surface area (Å²) in [6.45, 7) is 3.28. The second kappa shape index (κ2) is 8.47. The van der Waals surface area contributed by atoms with Crippen LogP contribution in [0.2, 0.25) is 0 Å². The fourth-order valence-electron chi connectivity index (χ4n) is 2.81. The molecule has 0 saturated heterocycles. The van der Waals surface area contributed by atoms with E-state index in [1.807, 2.05) is 32.0 Å². The van der Waals surface area contributed by atoms with Gasteiger partial charge in [0, 0.05) is 6.07 Å². The number of nitrogens with one attached hydrogen (secondary N) is 1. The SMILES string of the molecule is CCc1cccc(CC)c1N(CC(=O)Nc1ccc(F)cc1F)S(C)(=O)=O. The zero-order chi connectivity index (χ0) is 20.2. The summed E-state index contributed by atoms with van der Waals surface area (Å²) in [5.41, 5.74) is 1.84. The van der Waals surface area contributed by atoms with Crippen molar-refractivity contribution in [3.63, 3.8) is 0 Å². The van der Waals surface area contributed by atoms with Crippen LogP contribution in [0.4, 0.5) is 20.2 Å². The number of anilines is 2. The van der Waals surface area contributed by atoms with E-state index in [9.17, 15) is 22.0 Å². The van der Waals surface area contributed by atoms with E-state index in [0.29, 0.717) is 24.6 Å². The molecule has 8 heteroatoms. The Morgan fingerprint density at radius 1 is 1.07 bits per heavy atom. The van der Waals surface area contributed by atoms with Gasteiger partial charge in [0.15, 0.2) is 0 Å². The van der Waals surface area contributed by atoms with Gasteiger partial charge in [-0.2, -0.15) is 0 Å². The Morgan fingerprint density at radius 3 is 2.15 bits per heavy atom. The van der Waals surface area contributed by atoms with Crippen molar-refractivity contribution in [1.82, 2.24) is 0 Å². The van der Waals surface area contributed by atoms with Crippen LogP contribution in [-0.4, -0.2) is 27.1 Å². The van der Waals surface area contributed by atoms with Gasteiger partial charge in [-0.1, -0.05) is 32.0 Å². The summed E-state index contributed by atoms with van der Waals surface area (Å²) in [5, 5.41) is 2.30. The highest BCUT2D eigenvalue weighted by molar-refractivity contribution is 7.92. The molecule has 0 saturated carbocycles. The van der Waals surface area contributed by atoms with Crippen LogP contribution in [0.3, 0.4) is 0 Å². The average Bonchev–Trinajstić information content (AvgIpc) is 2.60. The van der Waals surface area contributed by atoms with E-state index >= 15 is 0 Å². The largest absolute Gasteiger partial charge is 0.322 e. The minimum Gasteiger partial charge on any atom is -0.322 e. The maximum atomic E-state index is 13.8. The predicted octanol–water partition coefficient (Wildman–Crippen LogP) is 3.49. The summed E-state index contributed by atoms with van der Waals surface area (Å²) >= 11 is 0. The van der Waals surface area contributed by atoms with Crippen LogP contribution in [0.1, 0.15) is 25.0 Å². The fourth-order valence-corrected chi connectivity index (χ4v) is 3.73. The molecule has 0 aromatic heterocycles. The second-order valence-corrected chi connectivity index (χ2v) is 7.98. The van der Waals surface area contributed by atoms with Crippen molar-refractivity contribution < 1.29 is 22.0 Å². The van der Waals surface area contributed by atoms with Gasteiger partial charge < -0.3 is 5.32 Å². The second-order valence-electron chi connectivity index (χ2n) is 6.07. The van der Waals surface area contributed by atoms with E-state index in [1.54, 1.807) is 0 Å². The first-order valence-electron chi connectivity index (χ1n) is 8.50. The molecule has 2 aromatic rings. The van der Waals surface area contributed by atoms with E-state index < -0.39 is 34.1 Å². The van der Waals surface area contributed by atoms with Gasteiger partial charge >= 0.3 is 0 Å². The van der Waals surface area contributed by atoms with Crippen molar-refractivity contribution in [2.24, 2.45) is 0 Å². The molecule has 0 bridgehead atoms. The number of carbonyl (C=O) groups is 1. The summed E-state index contributed by atoms with van der Waals surface area (Å²) in [5.74, 6) is -2.43. The predicted molar refractivity (Wildman–Crippen MR) is 102 cm³/mol. The summed E-state index contributed by atoms with van der Waals surface area (Å²) in [4.78, 5) is 12.4. The summed E-state index contributed by atoms with van der Waals surface area (Å²) in [6.07, 6.45) is 2.19. The number of benzene rings is 2.